The van der Waals surface area contributed by atoms with Crippen LogP contribution in [0.3, 0.4) is 0 Å². The molecule has 0 bridgehead atoms. The Labute approximate surface area is 182 Å². The molecular formula is C22H18ClFN4OS. The van der Waals surface area contributed by atoms with Gasteiger partial charge in [0, 0.05) is 29.6 Å². The minimum Gasteiger partial charge on any atom is -0.355 e. The summed E-state index contributed by atoms with van der Waals surface area (Å²) >= 11 is 7.70. The molecule has 5 nitrogen and oxygen atoms in total. The molecule has 8 heteroatoms. The van der Waals surface area contributed by atoms with E-state index in [2.05, 4.69) is 14.9 Å². The molecule has 4 aromatic rings. The summed E-state index contributed by atoms with van der Waals surface area (Å²) in [5.41, 5.74) is 4.25. The predicted molar refractivity (Wildman–Crippen MR) is 117 cm³/mol. The molecule has 0 aliphatic carbocycles. The molecular weight excluding hydrogens is 423 g/mol. The van der Waals surface area contributed by atoms with Gasteiger partial charge in [-0.1, -0.05) is 41.6 Å². The van der Waals surface area contributed by atoms with Crippen LogP contribution < -0.4 is 5.32 Å². The number of aromatic nitrogens is 3. The zero-order chi connectivity index (χ0) is 21.1. The van der Waals surface area contributed by atoms with Gasteiger partial charge in [-0.2, -0.15) is 0 Å². The summed E-state index contributed by atoms with van der Waals surface area (Å²) in [6.07, 6.45) is 3.50. The van der Waals surface area contributed by atoms with E-state index >= 15 is 0 Å². The molecule has 2 aromatic carbocycles. The Morgan fingerprint density at radius 2 is 2.00 bits per heavy atom. The van der Waals surface area contributed by atoms with Crippen molar-refractivity contribution >= 4 is 40.3 Å². The molecule has 1 N–H and O–H groups in total. The molecule has 2 aromatic heterocycles. The van der Waals surface area contributed by atoms with E-state index in [0.717, 1.165) is 27.3 Å². The van der Waals surface area contributed by atoms with Crippen molar-refractivity contribution in [3.05, 3.63) is 88.5 Å². The van der Waals surface area contributed by atoms with Crippen molar-refractivity contribution in [2.45, 2.75) is 17.5 Å². The van der Waals surface area contributed by atoms with Crippen molar-refractivity contribution < 1.29 is 9.18 Å². The van der Waals surface area contributed by atoms with Crippen LogP contribution in [0.5, 0.6) is 0 Å². The Kier molecular flexibility index (Phi) is 6.01. The van der Waals surface area contributed by atoms with Gasteiger partial charge in [0.2, 0.25) is 0 Å². The maximum atomic E-state index is 13.3. The maximum absolute atomic E-state index is 13.3. The molecule has 0 spiro atoms. The minimum atomic E-state index is -0.354. The lowest BCUT2D eigenvalue weighted by Gasteiger charge is -2.10. The Hall–Kier alpha value is -2.90. The van der Waals surface area contributed by atoms with E-state index in [1.54, 1.807) is 37.6 Å². The second-order valence-corrected chi connectivity index (χ2v) is 8.00. The van der Waals surface area contributed by atoms with Gasteiger partial charge in [-0.05, 0) is 41.5 Å². The first kappa shape index (κ1) is 20.4. The zero-order valence-electron chi connectivity index (χ0n) is 16.1. The molecule has 0 saturated heterocycles. The number of pyridine rings is 1. The number of fused-ring (bicyclic) bond motifs is 1. The quantitative estimate of drug-likeness (QED) is 0.432. The normalized spacial score (nSPS) is 11.0. The minimum absolute atomic E-state index is 0.119. The monoisotopic (exact) mass is 440 g/mol. The topological polar surface area (TPSA) is 59.8 Å². The molecule has 0 aliphatic heterocycles. The first-order chi connectivity index (χ1) is 14.5. The summed E-state index contributed by atoms with van der Waals surface area (Å²) in [4.78, 5) is 20.7. The van der Waals surface area contributed by atoms with Crippen molar-refractivity contribution in [2.24, 2.45) is 0 Å². The second kappa shape index (κ2) is 8.85. The van der Waals surface area contributed by atoms with E-state index in [4.69, 9.17) is 16.6 Å². The first-order valence-electron chi connectivity index (χ1n) is 9.23. The Balaban J connectivity index is 1.62. The first-order valence-corrected chi connectivity index (χ1v) is 10.6. The van der Waals surface area contributed by atoms with Gasteiger partial charge in [-0.3, -0.25) is 9.78 Å². The lowest BCUT2D eigenvalue weighted by molar-refractivity contribution is 0.0963. The molecule has 0 radical (unpaired) electrons. The van der Waals surface area contributed by atoms with Gasteiger partial charge >= 0.3 is 0 Å². The maximum Gasteiger partial charge on any atom is 0.251 e. The van der Waals surface area contributed by atoms with Crippen molar-refractivity contribution in [1.82, 2.24) is 19.9 Å². The van der Waals surface area contributed by atoms with Gasteiger partial charge in [0.05, 0.1) is 23.8 Å². The van der Waals surface area contributed by atoms with Crippen molar-refractivity contribution in [3.8, 4) is 0 Å². The number of nitrogens with zero attached hydrogens (tertiary/aromatic N) is 3. The average molecular weight is 441 g/mol. The third-order valence-corrected chi connectivity index (χ3v) is 6.05. The number of halogens is 2. The molecule has 0 saturated carbocycles. The van der Waals surface area contributed by atoms with Crippen molar-refractivity contribution in [2.75, 3.05) is 7.05 Å². The van der Waals surface area contributed by atoms with Crippen LogP contribution in [0.4, 0.5) is 4.39 Å². The fourth-order valence-corrected chi connectivity index (χ4v) is 4.41. The third kappa shape index (κ3) is 4.32. The summed E-state index contributed by atoms with van der Waals surface area (Å²) in [7, 11) is 1.61. The molecule has 1 amide bonds. The SMILES string of the molecule is CNC(=O)c1ccc(Cn2c(SCc3ccc(F)cc3Cl)nc3ccncc32)cc1. The highest BCUT2D eigenvalue weighted by Crippen LogP contribution is 2.30. The number of hydrogen-bond acceptors (Lipinski definition) is 4. The summed E-state index contributed by atoms with van der Waals surface area (Å²) in [5.74, 6) is 0.0874. The van der Waals surface area contributed by atoms with Crippen LogP contribution in [0, 0.1) is 5.82 Å². The van der Waals surface area contributed by atoms with Crippen LogP contribution in [0.25, 0.3) is 11.0 Å². The van der Waals surface area contributed by atoms with E-state index in [-0.39, 0.29) is 11.7 Å². The molecule has 0 aliphatic rings. The number of thioether (sulfide) groups is 1. The highest BCUT2D eigenvalue weighted by atomic mass is 35.5. The number of amides is 1. The van der Waals surface area contributed by atoms with Crippen molar-refractivity contribution in [1.29, 1.82) is 0 Å². The molecule has 152 valence electrons. The van der Waals surface area contributed by atoms with Crippen LogP contribution in [0.1, 0.15) is 21.5 Å². The van der Waals surface area contributed by atoms with E-state index in [1.807, 2.05) is 18.2 Å². The van der Waals surface area contributed by atoms with E-state index in [9.17, 15) is 9.18 Å². The van der Waals surface area contributed by atoms with Crippen LogP contribution in [0.2, 0.25) is 5.02 Å². The van der Waals surface area contributed by atoms with Crippen LogP contribution in [-0.2, 0) is 12.3 Å². The highest BCUT2D eigenvalue weighted by molar-refractivity contribution is 7.98. The fourth-order valence-electron chi connectivity index (χ4n) is 3.08. The molecule has 0 atom stereocenters. The molecule has 4 rings (SSSR count). The Morgan fingerprint density at radius 1 is 1.20 bits per heavy atom. The molecule has 2 heterocycles. The molecule has 30 heavy (non-hydrogen) atoms. The number of nitrogens with one attached hydrogen (secondary N) is 1. The summed E-state index contributed by atoms with van der Waals surface area (Å²) in [6, 6.07) is 13.7. The predicted octanol–water partition coefficient (Wildman–Crippen LogP) is 4.92. The fraction of sp³-hybridized carbons (Fsp3) is 0.136. The summed E-state index contributed by atoms with van der Waals surface area (Å²) < 4.78 is 15.4. The number of imidazole rings is 1. The number of hydrogen-bond donors (Lipinski definition) is 1. The smallest absolute Gasteiger partial charge is 0.251 e. The van der Waals surface area contributed by atoms with Gasteiger partial charge in [0.1, 0.15) is 5.82 Å². The van der Waals surface area contributed by atoms with E-state index < -0.39 is 0 Å². The van der Waals surface area contributed by atoms with Gasteiger partial charge in [-0.15, -0.1) is 0 Å². The number of carbonyl (C=O) groups is 1. The Bertz CT molecular complexity index is 1210. The lowest BCUT2D eigenvalue weighted by Crippen LogP contribution is -2.17. The van der Waals surface area contributed by atoms with Gasteiger partial charge in [-0.25, -0.2) is 9.37 Å². The summed E-state index contributed by atoms with van der Waals surface area (Å²) in [6.45, 7) is 0.579. The van der Waals surface area contributed by atoms with Crippen LogP contribution in [0.15, 0.2) is 66.1 Å². The third-order valence-electron chi connectivity index (χ3n) is 4.67. The zero-order valence-corrected chi connectivity index (χ0v) is 17.7. The number of carbonyl (C=O) groups excluding carboxylic acids is 1. The number of benzene rings is 2. The largest absolute Gasteiger partial charge is 0.355 e. The molecule has 0 fully saturated rings. The van der Waals surface area contributed by atoms with Gasteiger partial charge in [0.15, 0.2) is 5.16 Å². The van der Waals surface area contributed by atoms with E-state index in [1.165, 1.54) is 23.9 Å². The van der Waals surface area contributed by atoms with Crippen LogP contribution in [-0.4, -0.2) is 27.5 Å². The second-order valence-electron chi connectivity index (χ2n) is 6.65. The van der Waals surface area contributed by atoms with E-state index in [0.29, 0.717) is 22.9 Å². The summed E-state index contributed by atoms with van der Waals surface area (Å²) in [5, 5.41) is 3.83. The van der Waals surface area contributed by atoms with Crippen molar-refractivity contribution in [3.63, 3.8) is 0 Å². The van der Waals surface area contributed by atoms with Gasteiger partial charge < -0.3 is 9.88 Å². The average Bonchev–Trinajstić information content (AvgIpc) is 3.10. The lowest BCUT2D eigenvalue weighted by atomic mass is 10.1. The number of rotatable bonds is 6. The van der Waals surface area contributed by atoms with Crippen LogP contribution >= 0.6 is 23.4 Å². The highest BCUT2D eigenvalue weighted by Gasteiger charge is 2.14. The Morgan fingerprint density at radius 3 is 2.73 bits per heavy atom. The standard InChI is InChI=1S/C22H18ClFN4OS/c1-25-21(29)15-4-2-14(3-5-15)12-28-20-11-26-9-8-19(20)27-22(28)30-13-16-6-7-17(24)10-18(16)23/h2-11H,12-13H2,1H3,(H,25,29). The van der Waals surface area contributed by atoms with Gasteiger partial charge in [0.25, 0.3) is 5.91 Å². The molecule has 0 unspecified atom stereocenters.